The number of nitrogens with one attached hydrogen (secondary N) is 2. The Hall–Kier alpha value is -3.27. The lowest BCUT2D eigenvalue weighted by Gasteiger charge is -2.18. The second kappa shape index (κ2) is 11.4. The average Bonchev–Trinajstić information content (AvgIpc) is 3.18. The molecule has 10 heteroatoms. The summed E-state index contributed by atoms with van der Waals surface area (Å²) in [6.45, 7) is 5.62. The predicted molar refractivity (Wildman–Crippen MR) is 135 cm³/mol. The topological polar surface area (TPSA) is 139 Å². The van der Waals surface area contributed by atoms with E-state index in [0.717, 1.165) is 27.5 Å². The molecule has 0 saturated carbocycles. The smallest absolute Gasteiger partial charge is 0.339 e. The van der Waals surface area contributed by atoms with Crippen LogP contribution in [0.3, 0.4) is 0 Å². The average molecular weight is 503 g/mol. The van der Waals surface area contributed by atoms with E-state index < -0.39 is 23.5 Å². The van der Waals surface area contributed by atoms with Crippen LogP contribution >= 0.6 is 11.8 Å². The minimum atomic E-state index is -1.02. The number of carboxylic acid groups (broad SMARTS) is 1. The van der Waals surface area contributed by atoms with Gasteiger partial charge in [-0.2, -0.15) is 11.8 Å². The molecule has 2 heterocycles. The Bertz CT molecular complexity index is 1330. The third-order valence-corrected chi connectivity index (χ3v) is 6.68. The summed E-state index contributed by atoms with van der Waals surface area (Å²) in [5, 5.41) is 15.8. The number of hydrogen-bond donors (Lipinski definition) is 3. The van der Waals surface area contributed by atoms with Gasteiger partial charge in [0.15, 0.2) is 0 Å². The van der Waals surface area contributed by atoms with Gasteiger partial charge in [0.2, 0.25) is 11.8 Å². The molecule has 3 aromatic rings. The highest BCUT2D eigenvalue weighted by Crippen LogP contribution is 2.32. The fourth-order valence-corrected chi connectivity index (χ4v) is 4.50. The Balaban J connectivity index is 1.75. The van der Waals surface area contributed by atoms with Crippen LogP contribution in [0.4, 0.5) is 0 Å². The molecule has 0 aliphatic carbocycles. The molecule has 0 spiro atoms. The van der Waals surface area contributed by atoms with E-state index in [-0.39, 0.29) is 31.7 Å². The van der Waals surface area contributed by atoms with Gasteiger partial charge in [0, 0.05) is 34.9 Å². The molecular weight excluding hydrogens is 472 g/mol. The second-order valence-corrected chi connectivity index (χ2v) is 9.49. The van der Waals surface area contributed by atoms with Gasteiger partial charge >= 0.3 is 11.6 Å². The quantitative estimate of drug-likeness (QED) is 0.340. The first kappa shape index (κ1) is 26.3. The minimum absolute atomic E-state index is 0.00124. The molecule has 35 heavy (non-hydrogen) atoms. The fraction of sp³-hybridized carbons (Fsp3) is 0.440. The Morgan fingerprint density at radius 3 is 2.51 bits per heavy atom. The summed E-state index contributed by atoms with van der Waals surface area (Å²) in [5.74, 6) is -1.17. The molecule has 0 unspecified atom stereocenters. The lowest BCUT2D eigenvalue weighted by molar-refractivity contribution is -0.137. The predicted octanol–water partition coefficient (Wildman–Crippen LogP) is 3.23. The molecule has 0 fully saturated rings. The Morgan fingerprint density at radius 2 is 1.83 bits per heavy atom. The summed E-state index contributed by atoms with van der Waals surface area (Å²) in [5.41, 5.74) is 3.55. The number of aryl methyl sites for hydroxylation is 3. The van der Waals surface area contributed by atoms with Crippen LogP contribution in [0, 0.1) is 20.8 Å². The lowest BCUT2D eigenvalue weighted by Crippen LogP contribution is -2.47. The number of furan rings is 1. The number of thioether (sulfide) groups is 1. The van der Waals surface area contributed by atoms with Gasteiger partial charge in [-0.15, -0.1) is 0 Å². The van der Waals surface area contributed by atoms with Gasteiger partial charge in [0.05, 0.1) is 12.7 Å². The molecule has 188 valence electrons. The van der Waals surface area contributed by atoms with Crippen LogP contribution in [0.2, 0.25) is 0 Å². The maximum Gasteiger partial charge on any atom is 0.339 e. The van der Waals surface area contributed by atoms with E-state index in [9.17, 15) is 19.2 Å². The normalized spacial score (nSPS) is 12.1. The zero-order valence-corrected chi connectivity index (χ0v) is 21.1. The maximum atomic E-state index is 12.8. The van der Waals surface area contributed by atoms with Gasteiger partial charge in [-0.05, 0) is 62.8 Å². The van der Waals surface area contributed by atoms with Gasteiger partial charge < -0.3 is 24.6 Å². The van der Waals surface area contributed by atoms with Gasteiger partial charge in [0.25, 0.3) is 0 Å². The molecule has 0 saturated heterocycles. The summed E-state index contributed by atoms with van der Waals surface area (Å²) in [4.78, 5) is 48.5. The van der Waals surface area contributed by atoms with E-state index in [1.807, 2.05) is 33.1 Å². The van der Waals surface area contributed by atoms with Gasteiger partial charge in [0.1, 0.15) is 17.2 Å². The zero-order valence-electron chi connectivity index (χ0n) is 20.3. The molecule has 1 atom stereocenters. The standard InChI is InChI=1S/C25H30N2O7S/c1-13-12-33-22-15(3)23-18(11-17(13)22)14(2)16(25(32)34-23)5-6-20(28)27-19(8-10-35-4)24(31)26-9-7-21(29)30/h11-12,19H,5-10H2,1-4H3,(H,26,31)(H,27,28)(H,29,30)/t19-/m0/s1. The SMILES string of the molecule is CSCC[C@H](NC(=O)CCc1c(C)c2cc3c(C)coc3c(C)c2oc1=O)C(=O)NCCC(=O)O. The van der Waals surface area contributed by atoms with Crippen molar-refractivity contribution in [3.8, 4) is 0 Å². The van der Waals surface area contributed by atoms with Crippen LogP contribution in [0.25, 0.3) is 21.9 Å². The Morgan fingerprint density at radius 1 is 1.09 bits per heavy atom. The van der Waals surface area contributed by atoms with E-state index in [1.165, 1.54) is 11.8 Å². The van der Waals surface area contributed by atoms with Crippen LogP contribution in [-0.2, 0) is 20.8 Å². The molecular formula is C25H30N2O7S. The minimum Gasteiger partial charge on any atom is -0.481 e. The first-order chi connectivity index (χ1) is 16.6. The Labute approximate surface area is 206 Å². The van der Waals surface area contributed by atoms with E-state index >= 15 is 0 Å². The maximum absolute atomic E-state index is 12.8. The van der Waals surface area contributed by atoms with Crippen LogP contribution in [-0.4, -0.2) is 47.5 Å². The van der Waals surface area contributed by atoms with Crippen LogP contribution in [0.5, 0.6) is 0 Å². The largest absolute Gasteiger partial charge is 0.481 e. The third-order valence-electron chi connectivity index (χ3n) is 6.04. The summed E-state index contributed by atoms with van der Waals surface area (Å²) in [6.07, 6.45) is 3.93. The molecule has 0 bridgehead atoms. The number of rotatable bonds is 11. The van der Waals surface area contributed by atoms with Gasteiger partial charge in [-0.3, -0.25) is 14.4 Å². The number of fused-ring (bicyclic) bond motifs is 2. The van der Waals surface area contributed by atoms with E-state index in [2.05, 4.69) is 10.6 Å². The molecule has 0 radical (unpaired) electrons. The highest BCUT2D eigenvalue weighted by molar-refractivity contribution is 7.98. The third kappa shape index (κ3) is 6.05. The first-order valence-corrected chi connectivity index (χ1v) is 12.7. The monoisotopic (exact) mass is 502 g/mol. The fourth-order valence-electron chi connectivity index (χ4n) is 4.03. The molecule has 9 nitrogen and oxygen atoms in total. The van der Waals surface area contributed by atoms with Crippen LogP contribution < -0.4 is 16.3 Å². The Kier molecular flexibility index (Phi) is 8.61. The summed E-state index contributed by atoms with van der Waals surface area (Å²) in [6, 6.07) is 1.16. The molecule has 1 aromatic carbocycles. The molecule has 2 amide bonds. The first-order valence-electron chi connectivity index (χ1n) is 11.4. The van der Waals surface area contributed by atoms with Crippen molar-refractivity contribution in [1.29, 1.82) is 0 Å². The van der Waals surface area contributed by atoms with Crippen LogP contribution in [0.15, 0.2) is 26.0 Å². The summed E-state index contributed by atoms with van der Waals surface area (Å²) in [7, 11) is 0. The van der Waals surface area contributed by atoms with Crippen molar-refractivity contribution in [3.63, 3.8) is 0 Å². The highest BCUT2D eigenvalue weighted by atomic mass is 32.2. The second-order valence-electron chi connectivity index (χ2n) is 8.50. The molecule has 0 aliphatic rings. The zero-order chi connectivity index (χ0) is 25.7. The van der Waals surface area contributed by atoms with Crippen LogP contribution in [0.1, 0.15) is 41.5 Å². The number of aliphatic carboxylic acids is 1. The highest BCUT2D eigenvalue weighted by Gasteiger charge is 2.22. The van der Waals surface area contributed by atoms with Gasteiger partial charge in [-0.1, -0.05) is 0 Å². The number of carboxylic acids is 1. The van der Waals surface area contributed by atoms with Crippen molar-refractivity contribution in [2.24, 2.45) is 0 Å². The number of benzene rings is 1. The summed E-state index contributed by atoms with van der Waals surface area (Å²) >= 11 is 1.54. The van der Waals surface area contributed by atoms with Gasteiger partial charge in [-0.25, -0.2) is 4.79 Å². The van der Waals surface area contributed by atoms with Crippen molar-refractivity contribution >= 4 is 51.5 Å². The molecule has 0 aliphatic heterocycles. The summed E-state index contributed by atoms with van der Waals surface area (Å²) < 4.78 is 11.2. The number of carbonyl (C=O) groups excluding carboxylic acids is 2. The lowest BCUT2D eigenvalue weighted by atomic mass is 9.98. The number of carbonyl (C=O) groups is 3. The number of amides is 2. The van der Waals surface area contributed by atoms with Crippen molar-refractivity contribution in [2.75, 3.05) is 18.6 Å². The van der Waals surface area contributed by atoms with Crippen molar-refractivity contribution in [3.05, 3.63) is 45.0 Å². The van der Waals surface area contributed by atoms with Crippen molar-refractivity contribution in [1.82, 2.24) is 10.6 Å². The van der Waals surface area contributed by atoms with Crippen molar-refractivity contribution in [2.45, 2.75) is 52.5 Å². The number of hydrogen-bond acceptors (Lipinski definition) is 7. The van der Waals surface area contributed by atoms with E-state index in [4.69, 9.17) is 13.9 Å². The molecule has 3 rings (SSSR count). The van der Waals surface area contributed by atoms with E-state index in [1.54, 1.807) is 6.26 Å². The van der Waals surface area contributed by atoms with Crippen molar-refractivity contribution < 1.29 is 28.3 Å². The molecule has 2 aromatic heterocycles. The van der Waals surface area contributed by atoms with E-state index in [0.29, 0.717) is 28.9 Å². The molecule has 3 N–H and O–H groups in total.